The molecular weight excluding hydrogens is 386 g/mol. The third-order valence-electron chi connectivity index (χ3n) is 4.29. The molecule has 0 N–H and O–H groups in total. The van der Waals surface area contributed by atoms with E-state index in [1.807, 2.05) is 30.4 Å². The largest absolute Gasteiger partial charge is 0.494 e. The second kappa shape index (κ2) is 12.7. The van der Waals surface area contributed by atoms with Crippen LogP contribution in [0.15, 0.2) is 65.4 Å². The second-order valence-electron chi connectivity index (χ2n) is 8.21. The molecule has 30 heavy (non-hydrogen) atoms. The van der Waals surface area contributed by atoms with Crippen LogP contribution >= 0.6 is 11.3 Å². The minimum atomic E-state index is -0.0891. The first-order chi connectivity index (χ1) is 14.5. The van der Waals surface area contributed by atoms with E-state index in [0.717, 1.165) is 25.0 Å². The van der Waals surface area contributed by atoms with Gasteiger partial charge in [-0.3, -0.25) is 0 Å². The van der Waals surface area contributed by atoms with E-state index in [1.165, 1.54) is 11.1 Å². The number of thiophene rings is 1. The van der Waals surface area contributed by atoms with Crippen molar-refractivity contribution in [3.8, 4) is 34.8 Å². The average molecular weight is 418 g/mol. The molecule has 0 radical (unpaired) electrons. The fourth-order valence-corrected chi connectivity index (χ4v) is 3.38. The Morgan fingerprint density at radius 2 is 2.00 bits per heavy atom. The van der Waals surface area contributed by atoms with E-state index in [1.54, 1.807) is 11.3 Å². The molecule has 0 bridgehead atoms. The molecule has 0 amide bonds. The Balaban J connectivity index is 1.64. The highest BCUT2D eigenvalue weighted by Crippen LogP contribution is 2.25. The zero-order chi connectivity index (χ0) is 21.7. The van der Waals surface area contributed by atoms with Gasteiger partial charge in [0.25, 0.3) is 0 Å². The van der Waals surface area contributed by atoms with Crippen LogP contribution in [0.25, 0.3) is 11.1 Å². The molecule has 1 aromatic heterocycles. The van der Waals surface area contributed by atoms with Gasteiger partial charge in [-0.05, 0) is 92.6 Å². The lowest BCUT2D eigenvalue weighted by Crippen LogP contribution is -1.98. The summed E-state index contributed by atoms with van der Waals surface area (Å²) in [6.07, 6.45) is 11.7. The lowest BCUT2D eigenvalue weighted by Gasteiger charge is -2.07. The Hall–Kier alpha value is -2.75. The van der Waals surface area contributed by atoms with Crippen molar-refractivity contribution >= 4 is 11.3 Å². The Kier molecular flexibility index (Phi) is 9.99. The van der Waals surface area contributed by atoms with Gasteiger partial charge in [-0.25, -0.2) is 0 Å². The van der Waals surface area contributed by atoms with Crippen molar-refractivity contribution in [3.05, 3.63) is 65.4 Å². The Morgan fingerprint density at radius 3 is 2.73 bits per heavy atom. The second-order valence-corrected chi connectivity index (χ2v) is 8.99. The van der Waals surface area contributed by atoms with Crippen LogP contribution in [0.5, 0.6) is 5.75 Å². The van der Waals surface area contributed by atoms with Crippen LogP contribution < -0.4 is 4.74 Å². The van der Waals surface area contributed by atoms with Gasteiger partial charge in [-0.2, -0.15) is 16.6 Å². The molecule has 0 aliphatic rings. The SMILES string of the molecule is CC(C)(C)C#C/C=C/CC(C#N)/C=C/CCCCOc1cccc(-c2ccsc2)c1. The van der Waals surface area contributed by atoms with E-state index >= 15 is 0 Å². The van der Waals surface area contributed by atoms with Crippen LogP contribution in [0.3, 0.4) is 0 Å². The quantitative estimate of drug-likeness (QED) is 0.226. The molecule has 2 rings (SSSR count). The summed E-state index contributed by atoms with van der Waals surface area (Å²) in [7, 11) is 0. The van der Waals surface area contributed by atoms with Gasteiger partial charge in [0, 0.05) is 5.41 Å². The fourth-order valence-electron chi connectivity index (χ4n) is 2.71. The van der Waals surface area contributed by atoms with Gasteiger partial charge in [-0.15, -0.1) is 0 Å². The zero-order valence-electron chi connectivity index (χ0n) is 18.2. The highest BCUT2D eigenvalue weighted by molar-refractivity contribution is 7.08. The van der Waals surface area contributed by atoms with E-state index in [4.69, 9.17) is 4.74 Å². The smallest absolute Gasteiger partial charge is 0.119 e. The molecule has 0 fully saturated rings. The van der Waals surface area contributed by atoms with Gasteiger partial charge >= 0.3 is 0 Å². The monoisotopic (exact) mass is 417 g/mol. The maximum Gasteiger partial charge on any atom is 0.119 e. The lowest BCUT2D eigenvalue weighted by atomic mass is 9.98. The predicted molar refractivity (Wildman–Crippen MR) is 128 cm³/mol. The van der Waals surface area contributed by atoms with Crippen LogP contribution in [-0.4, -0.2) is 6.61 Å². The first kappa shape index (κ1) is 23.5. The topological polar surface area (TPSA) is 33.0 Å². The molecule has 1 aromatic carbocycles. The molecular formula is C27H31NOS. The van der Waals surface area contributed by atoms with Crippen molar-refractivity contribution < 1.29 is 4.74 Å². The summed E-state index contributed by atoms with van der Waals surface area (Å²) in [6.45, 7) is 6.96. The van der Waals surface area contributed by atoms with E-state index in [9.17, 15) is 5.26 Å². The third-order valence-corrected chi connectivity index (χ3v) is 4.98. The molecule has 1 heterocycles. The summed E-state index contributed by atoms with van der Waals surface area (Å²) in [4.78, 5) is 0. The molecule has 0 spiro atoms. The molecule has 2 aromatic rings. The maximum atomic E-state index is 9.28. The number of allylic oxidation sites excluding steroid dienone is 4. The molecule has 2 nitrogen and oxygen atoms in total. The van der Waals surface area contributed by atoms with Gasteiger partial charge in [0.05, 0.1) is 18.6 Å². The Morgan fingerprint density at radius 1 is 1.13 bits per heavy atom. The van der Waals surface area contributed by atoms with Crippen molar-refractivity contribution in [3.63, 3.8) is 0 Å². The summed E-state index contributed by atoms with van der Waals surface area (Å²) < 4.78 is 5.90. The molecule has 0 saturated carbocycles. The summed E-state index contributed by atoms with van der Waals surface area (Å²) in [5.74, 6) is 7.03. The van der Waals surface area contributed by atoms with Gasteiger partial charge < -0.3 is 4.74 Å². The zero-order valence-corrected chi connectivity index (χ0v) is 19.0. The molecule has 156 valence electrons. The number of hydrogen-bond acceptors (Lipinski definition) is 3. The summed E-state index contributed by atoms with van der Waals surface area (Å²) >= 11 is 1.70. The van der Waals surface area contributed by atoms with E-state index in [-0.39, 0.29) is 11.3 Å². The number of unbranched alkanes of at least 4 members (excludes halogenated alkanes) is 2. The first-order valence-electron chi connectivity index (χ1n) is 10.5. The Labute approximate surface area is 185 Å². The first-order valence-corrected chi connectivity index (χ1v) is 11.4. The van der Waals surface area contributed by atoms with E-state index < -0.39 is 0 Å². The van der Waals surface area contributed by atoms with Gasteiger partial charge in [0.1, 0.15) is 5.75 Å². The van der Waals surface area contributed by atoms with Crippen LogP contribution in [0, 0.1) is 34.5 Å². The number of hydrogen-bond donors (Lipinski definition) is 0. The van der Waals surface area contributed by atoms with E-state index in [2.05, 4.69) is 73.7 Å². The summed E-state index contributed by atoms with van der Waals surface area (Å²) in [5, 5.41) is 13.5. The molecule has 1 atom stereocenters. The molecule has 1 unspecified atom stereocenters. The van der Waals surface area contributed by atoms with Gasteiger partial charge in [0.2, 0.25) is 0 Å². The van der Waals surface area contributed by atoms with Crippen molar-refractivity contribution in [2.24, 2.45) is 11.3 Å². The molecule has 0 aliphatic heterocycles. The molecule has 0 saturated heterocycles. The minimum Gasteiger partial charge on any atom is -0.494 e. The van der Waals surface area contributed by atoms with Gasteiger partial charge in [0.15, 0.2) is 0 Å². The van der Waals surface area contributed by atoms with Crippen LogP contribution in [0.2, 0.25) is 0 Å². The van der Waals surface area contributed by atoms with Crippen molar-refractivity contribution in [1.82, 2.24) is 0 Å². The van der Waals surface area contributed by atoms with Crippen molar-refractivity contribution in [2.75, 3.05) is 6.61 Å². The van der Waals surface area contributed by atoms with Crippen molar-refractivity contribution in [2.45, 2.75) is 46.5 Å². The van der Waals surface area contributed by atoms with Crippen LogP contribution in [0.1, 0.15) is 46.5 Å². The molecule has 0 aliphatic carbocycles. The number of nitriles is 1. The van der Waals surface area contributed by atoms with E-state index in [0.29, 0.717) is 13.0 Å². The predicted octanol–water partition coefficient (Wildman–Crippen LogP) is 7.66. The summed E-state index contributed by atoms with van der Waals surface area (Å²) in [6, 6.07) is 12.7. The van der Waals surface area contributed by atoms with Gasteiger partial charge in [-0.1, -0.05) is 42.2 Å². The average Bonchev–Trinajstić information content (AvgIpc) is 3.25. The maximum absolute atomic E-state index is 9.28. The number of ether oxygens (including phenoxy) is 1. The van der Waals surface area contributed by atoms with Crippen LogP contribution in [-0.2, 0) is 0 Å². The normalized spacial score (nSPS) is 12.5. The lowest BCUT2D eigenvalue weighted by molar-refractivity contribution is 0.307. The minimum absolute atomic E-state index is 0.00934. The standard InChI is InChI=1S/C27H31NOS/c1-27(2,3)17-9-6-8-13-23(21-28)12-7-4-5-10-18-29-26-15-11-14-24(20-26)25-16-19-30-22-25/h6-8,11-12,14-16,19-20,22-23H,4-5,10,13,18H2,1-3H3/b8-6+,12-7+. The number of nitrogens with zero attached hydrogens (tertiary/aromatic N) is 1. The number of benzene rings is 1. The van der Waals surface area contributed by atoms with Crippen LogP contribution in [0.4, 0.5) is 0 Å². The fraction of sp³-hybridized carbons (Fsp3) is 0.370. The highest BCUT2D eigenvalue weighted by Gasteiger charge is 2.03. The molecule has 3 heteroatoms. The third kappa shape index (κ3) is 9.64. The Bertz CT molecular complexity index is 914. The van der Waals surface area contributed by atoms with Crippen molar-refractivity contribution in [1.29, 1.82) is 5.26 Å². The summed E-state index contributed by atoms with van der Waals surface area (Å²) in [5.41, 5.74) is 2.44. The number of rotatable bonds is 10. The highest BCUT2D eigenvalue weighted by atomic mass is 32.1.